The van der Waals surface area contributed by atoms with E-state index < -0.39 is 0 Å². The molecular weight excluding hydrogens is 202 g/mol. The Hall–Kier alpha value is -0.940. The van der Waals surface area contributed by atoms with E-state index in [9.17, 15) is 0 Å². The van der Waals surface area contributed by atoms with Crippen LogP contribution in [0.15, 0.2) is 6.20 Å². The first-order valence-electron chi connectivity index (χ1n) is 6.07. The third-order valence-electron chi connectivity index (χ3n) is 3.25. The summed E-state index contributed by atoms with van der Waals surface area (Å²) >= 11 is 0. The standard InChI is InChI=1S/C11H21N5/c1-10-4-3-5-15(10)6-7-16-9-11(8-12-2)13-14-16/h9-10,12H,3-8H2,1-2H3. The van der Waals surface area contributed by atoms with Crippen molar-refractivity contribution in [2.45, 2.75) is 38.9 Å². The molecule has 0 saturated carbocycles. The van der Waals surface area contributed by atoms with E-state index in [0.29, 0.717) is 0 Å². The van der Waals surface area contributed by atoms with Crippen LogP contribution in [0.4, 0.5) is 0 Å². The van der Waals surface area contributed by atoms with Crippen LogP contribution in [0.3, 0.4) is 0 Å². The third-order valence-corrected chi connectivity index (χ3v) is 3.25. The molecule has 2 rings (SSSR count). The van der Waals surface area contributed by atoms with Crippen molar-refractivity contribution < 1.29 is 0 Å². The van der Waals surface area contributed by atoms with Crippen molar-refractivity contribution in [1.29, 1.82) is 0 Å². The van der Waals surface area contributed by atoms with Crippen LogP contribution in [0.1, 0.15) is 25.5 Å². The summed E-state index contributed by atoms with van der Waals surface area (Å²) in [5, 5.41) is 11.3. The maximum atomic E-state index is 4.12. The van der Waals surface area contributed by atoms with E-state index in [1.807, 2.05) is 17.9 Å². The van der Waals surface area contributed by atoms with Crippen molar-refractivity contribution in [3.05, 3.63) is 11.9 Å². The highest BCUT2D eigenvalue weighted by molar-refractivity contribution is 4.91. The van der Waals surface area contributed by atoms with Gasteiger partial charge in [-0.1, -0.05) is 5.21 Å². The summed E-state index contributed by atoms with van der Waals surface area (Å²) in [6.07, 6.45) is 4.70. The molecule has 0 radical (unpaired) electrons. The van der Waals surface area contributed by atoms with E-state index in [4.69, 9.17) is 0 Å². The van der Waals surface area contributed by atoms with Crippen LogP contribution >= 0.6 is 0 Å². The van der Waals surface area contributed by atoms with Gasteiger partial charge in [-0.2, -0.15) is 0 Å². The van der Waals surface area contributed by atoms with Gasteiger partial charge in [0.2, 0.25) is 0 Å². The molecule has 1 fully saturated rings. The lowest BCUT2D eigenvalue weighted by atomic mass is 10.2. The maximum Gasteiger partial charge on any atom is 0.0964 e. The summed E-state index contributed by atoms with van der Waals surface area (Å²) in [6.45, 7) is 6.37. The Labute approximate surface area is 96.8 Å². The molecule has 1 saturated heterocycles. The molecule has 16 heavy (non-hydrogen) atoms. The van der Waals surface area contributed by atoms with Gasteiger partial charge in [-0.05, 0) is 33.4 Å². The van der Waals surface area contributed by atoms with Crippen LogP contribution in [0.5, 0.6) is 0 Å². The van der Waals surface area contributed by atoms with Crippen LogP contribution in [-0.4, -0.2) is 46.1 Å². The first kappa shape index (κ1) is 11.5. The number of hydrogen-bond acceptors (Lipinski definition) is 4. The second-order valence-electron chi connectivity index (χ2n) is 4.53. The Morgan fingerprint density at radius 1 is 1.50 bits per heavy atom. The van der Waals surface area contributed by atoms with Gasteiger partial charge in [0.1, 0.15) is 0 Å². The van der Waals surface area contributed by atoms with Crippen molar-refractivity contribution in [3.63, 3.8) is 0 Å². The minimum atomic E-state index is 0.736. The summed E-state index contributed by atoms with van der Waals surface area (Å²) in [4.78, 5) is 2.53. The molecule has 1 unspecified atom stereocenters. The Bertz CT molecular complexity index is 322. The van der Waals surface area contributed by atoms with Crippen LogP contribution in [0.2, 0.25) is 0 Å². The van der Waals surface area contributed by atoms with Crippen LogP contribution < -0.4 is 5.32 Å². The van der Waals surface area contributed by atoms with Crippen molar-refractivity contribution in [3.8, 4) is 0 Å². The summed E-state index contributed by atoms with van der Waals surface area (Å²) < 4.78 is 1.94. The summed E-state index contributed by atoms with van der Waals surface area (Å²) in [7, 11) is 1.92. The predicted octanol–water partition coefficient (Wildman–Crippen LogP) is 0.482. The monoisotopic (exact) mass is 223 g/mol. The molecule has 1 aliphatic rings. The molecule has 90 valence electrons. The van der Waals surface area contributed by atoms with Gasteiger partial charge in [-0.3, -0.25) is 9.58 Å². The van der Waals surface area contributed by atoms with E-state index in [1.165, 1.54) is 19.4 Å². The van der Waals surface area contributed by atoms with Crippen molar-refractivity contribution in [2.24, 2.45) is 0 Å². The van der Waals surface area contributed by atoms with Crippen LogP contribution in [-0.2, 0) is 13.1 Å². The molecule has 0 bridgehead atoms. The molecule has 0 amide bonds. The van der Waals surface area contributed by atoms with Gasteiger partial charge >= 0.3 is 0 Å². The van der Waals surface area contributed by atoms with Gasteiger partial charge < -0.3 is 5.32 Å². The topological polar surface area (TPSA) is 46.0 Å². The zero-order chi connectivity index (χ0) is 11.4. The first-order valence-corrected chi connectivity index (χ1v) is 6.07. The molecule has 1 aromatic heterocycles. The van der Waals surface area contributed by atoms with Gasteiger partial charge in [-0.15, -0.1) is 5.10 Å². The molecular formula is C11H21N5. The maximum absolute atomic E-state index is 4.12. The van der Waals surface area contributed by atoms with E-state index in [-0.39, 0.29) is 0 Å². The van der Waals surface area contributed by atoms with Gasteiger partial charge in [0.25, 0.3) is 0 Å². The number of nitrogens with one attached hydrogen (secondary N) is 1. The number of hydrogen-bond donors (Lipinski definition) is 1. The minimum absolute atomic E-state index is 0.736. The second-order valence-corrected chi connectivity index (χ2v) is 4.53. The third kappa shape index (κ3) is 2.80. The highest BCUT2D eigenvalue weighted by atomic mass is 15.4. The predicted molar refractivity (Wildman–Crippen MR) is 63.1 cm³/mol. The number of likely N-dealkylation sites (tertiary alicyclic amines) is 1. The van der Waals surface area contributed by atoms with Gasteiger partial charge in [0, 0.05) is 25.3 Å². The Morgan fingerprint density at radius 2 is 2.38 bits per heavy atom. The minimum Gasteiger partial charge on any atom is -0.314 e. The number of aromatic nitrogens is 3. The van der Waals surface area contributed by atoms with Crippen LogP contribution in [0.25, 0.3) is 0 Å². The van der Waals surface area contributed by atoms with E-state index >= 15 is 0 Å². The van der Waals surface area contributed by atoms with E-state index in [1.54, 1.807) is 0 Å². The van der Waals surface area contributed by atoms with Gasteiger partial charge in [0.15, 0.2) is 0 Å². The Balaban J connectivity index is 1.80. The Morgan fingerprint density at radius 3 is 3.06 bits per heavy atom. The zero-order valence-electron chi connectivity index (χ0n) is 10.2. The number of rotatable bonds is 5. The molecule has 2 heterocycles. The van der Waals surface area contributed by atoms with E-state index in [0.717, 1.165) is 31.4 Å². The lowest BCUT2D eigenvalue weighted by molar-refractivity contribution is 0.253. The average Bonchev–Trinajstić information content (AvgIpc) is 2.86. The molecule has 0 aromatic carbocycles. The van der Waals surface area contributed by atoms with Gasteiger partial charge in [-0.25, -0.2) is 0 Å². The van der Waals surface area contributed by atoms with E-state index in [2.05, 4.69) is 27.5 Å². The quantitative estimate of drug-likeness (QED) is 0.789. The summed E-state index contributed by atoms with van der Waals surface area (Å²) in [5.74, 6) is 0. The highest BCUT2D eigenvalue weighted by Crippen LogP contribution is 2.15. The highest BCUT2D eigenvalue weighted by Gasteiger charge is 2.19. The molecule has 1 aromatic rings. The molecule has 5 heteroatoms. The van der Waals surface area contributed by atoms with Crippen molar-refractivity contribution in [2.75, 3.05) is 20.1 Å². The molecule has 1 aliphatic heterocycles. The summed E-state index contributed by atoms with van der Waals surface area (Å²) in [5.41, 5.74) is 1.01. The molecule has 0 aliphatic carbocycles. The fraction of sp³-hybridized carbons (Fsp3) is 0.818. The molecule has 5 nitrogen and oxygen atoms in total. The second kappa shape index (κ2) is 5.41. The lowest BCUT2D eigenvalue weighted by Crippen LogP contribution is -2.30. The fourth-order valence-electron chi connectivity index (χ4n) is 2.27. The van der Waals surface area contributed by atoms with Gasteiger partial charge in [0.05, 0.1) is 12.2 Å². The largest absolute Gasteiger partial charge is 0.314 e. The zero-order valence-corrected chi connectivity index (χ0v) is 10.2. The van der Waals surface area contributed by atoms with Crippen LogP contribution in [0, 0.1) is 0 Å². The van der Waals surface area contributed by atoms with Crippen molar-refractivity contribution >= 4 is 0 Å². The first-order chi connectivity index (χ1) is 7.79. The number of nitrogens with zero attached hydrogens (tertiary/aromatic N) is 4. The smallest absolute Gasteiger partial charge is 0.0964 e. The summed E-state index contributed by atoms with van der Waals surface area (Å²) in [6, 6.07) is 0.736. The normalized spacial score (nSPS) is 21.8. The average molecular weight is 223 g/mol. The Kier molecular flexibility index (Phi) is 3.90. The molecule has 0 spiro atoms. The molecule has 1 N–H and O–H groups in total. The lowest BCUT2D eigenvalue weighted by Gasteiger charge is -2.20. The fourth-order valence-corrected chi connectivity index (χ4v) is 2.27. The molecule has 1 atom stereocenters. The van der Waals surface area contributed by atoms with Crippen molar-refractivity contribution in [1.82, 2.24) is 25.2 Å². The SMILES string of the molecule is CNCc1cn(CCN2CCCC2C)nn1.